The van der Waals surface area contributed by atoms with Gasteiger partial charge in [0, 0.05) is 19.0 Å². The van der Waals surface area contributed by atoms with Crippen LogP contribution in [0, 0.1) is 0 Å². The molecule has 2 N–H and O–H groups in total. The zero-order chi connectivity index (χ0) is 19.0. The lowest BCUT2D eigenvalue weighted by Gasteiger charge is -2.08. The molecule has 0 radical (unpaired) electrons. The maximum atomic E-state index is 11.9. The molecule has 0 saturated heterocycles. The maximum absolute atomic E-state index is 11.9. The summed E-state index contributed by atoms with van der Waals surface area (Å²) in [5.74, 6) is -0.108. The summed E-state index contributed by atoms with van der Waals surface area (Å²) < 4.78 is 31.1. The Morgan fingerprint density at radius 2 is 1.65 bits per heavy atom. The number of rotatable bonds is 8. The summed E-state index contributed by atoms with van der Waals surface area (Å²) in [6, 6.07) is 14.9. The second-order valence-electron chi connectivity index (χ2n) is 5.50. The van der Waals surface area contributed by atoms with Gasteiger partial charge in [0.2, 0.25) is 11.8 Å². The molecule has 7 nitrogen and oxygen atoms in total. The Hall–Kier alpha value is -2.87. The van der Waals surface area contributed by atoms with Gasteiger partial charge in [-0.1, -0.05) is 18.2 Å². The summed E-state index contributed by atoms with van der Waals surface area (Å²) in [7, 11) is -3.88. The molecular formula is C18H20N2O5S. The van der Waals surface area contributed by atoms with Crippen molar-refractivity contribution in [1.29, 1.82) is 0 Å². The fourth-order valence-corrected chi connectivity index (χ4v) is 3.12. The van der Waals surface area contributed by atoms with Crippen LogP contribution < -0.4 is 14.8 Å². The van der Waals surface area contributed by atoms with Gasteiger partial charge in [0.25, 0.3) is 10.0 Å². The lowest BCUT2D eigenvalue weighted by atomic mass is 10.2. The number of sulfonamides is 1. The third kappa shape index (κ3) is 6.21. The van der Waals surface area contributed by atoms with E-state index >= 15 is 0 Å². The molecule has 0 spiro atoms. The number of nitrogens with one attached hydrogen (secondary N) is 2. The molecule has 8 heteroatoms. The van der Waals surface area contributed by atoms with Crippen molar-refractivity contribution < 1.29 is 22.7 Å². The van der Waals surface area contributed by atoms with Gasteiger partial charge in [-0.3, -0.25) is 9.59 Å². The molecule has 0 heterocycles. The van der Waals surface area contributed by atoms with Crippen molar-refractivity contribution in [2.75, 3.05) is 11.9 Å². The molecule has 26 heavy (non-hydrogen) atoms. The van der Waals surface area contributed by atoms with Crippen molar-refractivity contribution in [3.05, 3.63) is 54.6 Å². The van der Waals surface area contributed by atoms with E-state index in [0.717, 1.165) is 12.7 Å². The first kappa shape index (κ1) is 19.5. The van der Waals surface area contributed by atoms with Gasteiger partial charge in [-0.25, -0.2) is 13.1 Å². The van der Waals surface area contributed by atoms with Crippen LogP contribution >= 0.6 is 0 Å². The van der Waals surface area contributed by atoms with Crippen LogP contribution in [0.1, 0.15) is 19.8 Å². The zero-order valence-electron chi connectivity index (χ0n) is 14.3. The molecule has 0 fully saturated rings. The Morgan fingerprint density at radius 1 is 1.00 bits per heavy atom. The van der Waals surface area contributed by atoms with Gasteiger partial charge in [0.15, 0.2) is 0 Å². The van der Waals surface area contributed by atoms with E-state index in [4.69, 9.17) is 4.74 Å². The number of amides is 2. The van der Waals surface area contributed by atoms with E-state index in [2.05, 4.69) is 5.32 Å². The van der Waals surface area contributed by atoms with Gasteiger partial charge in [-0.2, -0.15) is 0 Å². The van der Waals surface area contributed by atoms with Crippen LogP contribution in [0.25, 0.3) is 0 Å². The number of hydrogen-bond acceptors (Lipinski definition) is 5. The maximum Gasteiger partial charge on any atom is 0.264 e. The first-order valence-electron chi connectivity index (χ1n) is 7.98. The lowest BCUT2D eigenvalue weighted by Crippen LogP contribution is -2.28. The molecule has 2 aromatic rings. The molecule has 2 aromatic carbocycles. The molecule has 0 aliphatic heterocycles. The average molecular weight is 376 g/mol. The second kappa shape index (κ2) is 9.00. The normalized spacial score (nSPS) is 10.8. The van der Waals surface area contributed by atoms with Crippen LogP contribution in [0.4, 0.5) is 5.69 Å². The number of anilines is 1. The molecule has 0 aliphatic rings. The molecule has 2 rings (SSSR count). The molecule has 0 atom stereocenters. The van der Waals surface area contributed by atoms with Crippen molar-refractivity contribution in [3.63, 3.8) is 0 Å². The number of ether oxygens (including phenoxy) is 1. The molecular weight excluding hydrogens is 356 g/mol. The topological polar surface area (TPSA) is 102 Å². The highest BCUT2D eigenvalue weighted by Crippen LogP contribution is 2.14. The minimum absolute atomic E-state index is 0.0537. The van der Waals surface area contributed by atoms with E-state index in [-0.39, 0.29) is 17.2 Å². The SMILES string of the molecule is CC(=O)NS(=O)(=O)c1ccc(NC(=O)CCCOc2ccccc2)cc1. The first-order chi connectivity index (χ1) is 12.4. The van der Waals surface area contributed by atoms with Gasteiger partial charge in [0.1, 0.15) is 5.75 Å². The fraction of sp³-hybridized carbons (Fsp3) is 0.222. The summed E-state index contributed by atoms with van der Waals surface area (Å²) in [5, 5.41) is 2.68. The Bertz CT molecular complexity index is 849. The second-order valence-corrected chi connectivity index (χ2v) is 7.18. The fourth-order valence-electron chi connectivity index (χ4n) is 2.13. The monoisotopic (exact) mass is 376 g/mol. The first-order valence-corrected chi connectivity index (χ1v) is 9.46. The van der Waals surface area contributed by atoms with Crippen molar-refractivity contribution in [1.82, 2.24) is 4.72 Å². The predicted octanol–water partition coefficient (Wildman–Crippen LogP) is 2.31. The summed E-state index contributed by atoms with van der Waals surface area (Å²) in [5.41, 5.74) is 0.473. The quantitative estimate of drug-likeness (QED) is 0.689. The van der Waals surface area contributed by atoms with E-state index in [1.165, 1.54) is 24.3 Å². The third-order valence-electron chi connectivity index (χ3n) is 3.29. The third-order valence-corrected chi connectivity index (χ3v) is 4.74. The van der Waals surface area contributed by atoms with E-state index in [0.29, 0.717) is 18.7 Å². The minimum Gasteiger partial charge on any atom is -0.494 e. The predicted molar refractivity (Wildman–Crippen MR) is 97.2 cm³/mol. The molecule has 0 aliphatic carbocycles. The van der Waals surface area contributed by atoms with E-state index in [1.807, 2.05) is 35.1 Å². The summed E-state index contributed by atoms with van der Waals surface area (Å²) in [6.45, 7) is 1.54. The van der Waals surface area contributed by atoms with E-state index < -0.39 is 15.9 Å². The van der Waals surface area contributed by atoms with Crippen molar-refractivity contribution in [2.24, 2.45) is 0 Å². The largest absolute Gasteiger partial charge is 0.494 e. The number of carbonyl (C=O) groups excluding carboxylic acids is 2. The standard InChI is InChI=1S/C18H20N2O5S/c1-14(21)20-26(23,24)17-11-9-15(10-12-17)19-18(22)8-5-13-25-16-6-3-2-4-7-16/h2-4,6-7,9-12H,5,8,13H2,1H3,(H,19,22)(H,20,21). The summed E-state index contributed by atoms with van der Waals surface area (Å²) in [4.78, 5) is 22.8. The highest BCUT2D eigenvalue weighted by molar-refractivity contribution is 7.90. The Balaban J connectivity index is 1.79. The van der Waals surface area contributed by atoms with Crippen molar-refractivity contribution in [3.8, 4) is 5.75 Å². The average Bonchev–Trinajstić information content (AvgIpc) is 2.59. The Morgan fingerprint density at radius 3 is 2.27 bits per heavy atom. The molecule has 0 bridgehead atoms. The van der Waals surface area contributed by atoms with Gasteiger partial charge in [-0.15, -0.1) is 0 Å². The highest BCUT2D eigenvalue weighted by atomic mass is 32.2. The molecule has 2 amide bonds. The number of carbonyl (C=O) groups is 2. The number of para-hydroxylation sites is 1. The minimum atomic E-state index is -3.88. The summed E-state index contributed by atoms with van der Waals surface area (Å²) in [6.07, 6.45) is 0.828. The molecule has 0 aromatic heterocycles. The van der Waals surface area contributed by atoms with Crippen LogP contribution in [0.2, 0.25) is 0 Å². The van der Waals surface area contributed by atoms with Crippen molar-refractivity contribution in [2.45, 2.75) is 24.7 Å². The summed E-state index contributed by atoms with van der Waals surface area (Å²) >= 11 is 0. The Kier molecular flexibility index (Phi) is 6.74. The van der Waals surface area contributed by atoms with Crippen LogP contribution in [-0.2, 0) is 19.6 Å². The van der Waals surface area contributed by atoms with E-state index in [9.17, 15) is 18.0 Å². The number of hydrogen-bond donors (Lipinski definition) is 2. The van der Waals surface area contributed by atoms with Crippen LogP contribution in [0.5, 0.6) is 5.75 Å². The van der Waals surface area contributed by atoms with Gasteiger partial charge in [-0.05, 0) is 42.8 Å². The van der Waals surface area contributed by atoms with E-state index in [1.54, 1.807) is 0 Å². The van der Waals surface area contributed by atoms with Gasteiger partial charge < -0.3 is 10.1 Å². The zero-order valence-corrected chi connectivity index (χ0v) is 15.1. The molecule has 138 valence electrons. The lowest BCUT2D eigenvalue weighted by molar-refractivity contribution is -0.117. The smallest absolute Gasteiger partial charge is 0.264 e. The van der Waals surface area contributed by atoms with Crippen molar-refractivity contribution >= 4 is 27.5 Å². The van der Waals surface area contributed by atoms with Crippen LogP contribution in [-0.4, -0.2) is 26.8 Å². The Labute approximate surface area is 152 Å². The van der Waals surface area contributed by atoms with Crippen LogP contribution in [0.15, 0.2) is 59.5 Å². The van der Waals surface area contributed by atoms with Gasteiger partial charge in [0.05, 0.1) is 11.5 Å². The number of benzene rings is 2. The highest BCUT2D eigenvalue weighted by Gasteiger charge is 2.15. The molecule has 0 unspecified atom stereocenters. The molecule has 0 saturated carbocycles. The van der Waals surface area contributed by atoms with Gasteiger partial charge >= 0.3 is 0 Å². The van der Waals surface area contributed by atoms with Crippen LogP contribution in [0.3, 0.4) is 0 Å².